The smallest absolute Gasteiger partial charge is 0.120 e. The summed E-state index contributed by atoms with van der Waals surface area (Å²) in [5.74, 6) is 1.47. The van der Waals surface area contributed by atoms with E-state index in [4.69, 9.17) is 10.2 Å². The molecule has 0 radical (unpaired) electrons. The summed E-state index contributed by atoms with van der Waals surface area (Å²) in [6.45, 7) is 17.9. The Balaban J connectivity index is 1.84. The summed E-state index contributed by atoms with van der Waals surface area (Å²) >= 11 is 0. The Bertz CT molecular complexity index is 1330. The average molecular weight is 479 g/mol. The van der Waals surface area contributed by atoms with Gasteiger partial charge in [0.15, 0.2) is 0 Å². The van der Waals surface area contributed by atoms with Gasteiger partial charge in [0.05, 0.1) is 0 Å². The summed E-state index contributed by atoms with van der Waals surface area (Å²) in [5.41, 5.74) is 9.09. The van der Waals surface area contributed by atoms with Crippen LogP contribution in [0.2, 0.25) is 0 Å². The first-order valence-electron chi connectivity index (χ1n) is 13.3. The van der Waals surface area contributed by atoms with Crippen LogP contribution in [0.15, 0.2) is 70.9 Å². The molecule has 0 bridgehead atoms. The lowest BCUT2D eigenvalue weighted by Gasteiger charge is -2.16. The lowest BCUT2D eigenvalue weighted by molar-refractivity contribution is 0.663. The molecule has 1 aliphatic rings. The monoisotopic (exact) mass is 478 g/mol. The van der Waals surface area contributed by atoms with Crippen molar-refractivity contribution < 1.29 is 0 Å². The number of benzene rings is 2. The zero-order valence-electron chi connectivity index (χ0n) is 22.9. The van der Waals surface area contributed by atoms with Crippen LogP contribution < -0.4 is 0 Å². The van der Waals surface area contributed by atoms with Gasteiger partial charge < -0.3 is 0 Å². The first-order valence-corrected chi connectivity index (χ1v) is 13.3. The van der Waals surface area contributed by atoms with Crippen molar-refractivity contribution in [2.45, 2.75) is 79.1 Å². The van der Waals surface area contributed by atoms with Crippen LogP contribution in [0.4, 0.5) is 0 Å². The molecule has 2 aromatic carbocycles. The molecule has 2 heterocycles. The average Bonchev–Trinajstić information content (AvgIpc) is 3.52. The minimum atomic E-state index is 0.367. The van der Waals surface area contributed by atoms with E-state index >= 15 is 0 Å². The van der Waals surface area contributed by atoms with Crippen LogP contribution in [0.1, 0.15) is 113 Å². The second kappa shape index (κ2) is 9.24. The van der Waals surface area contributed by atoms with Gasteiger partial charge in [0.1, 0.15) is 11.4 Å². The van der Waals surface area contributed by atoms with Gasteiger partial charge in [-0.15, -0.1) is 0 Å². The molecule has 5 rings (SSSR count). The fourth-order valence-electron chi connectivity index (χ4n) is 5.29. The second-order valence-electron chi connectivity index (χ2n) is 11.2. The van der Waals surface area contributed by atoms with Gasteiger partial charge in [-0.3, -0.25) is 0 Å². The van der Waals surface area contributed by atoms with E-state index in [0.29, 0.717) is 23.7 Å². The predicted molar refractivity (Wildman–Crippen MR) is 153 cm³/mol. The Morgan fingerprint density at radius 2 is 0.806 bits per heavy atom. The van der Waals surface area contributed by atoms with Crippen LogP contribution in [0.3, 0.4) is 0 Å². The van der Waals surface area contributed by atoms with Crippen molar-refractivity contribution >= 4 is 22.2 Å². The zero-order chi connectivity index (χ0) is 25.7. The van der Waals surface area contributed by atoms with Gasteiger partial charge in [-0.2, -0.15) is 10.2 Å². The summed E-state index contributed by atoms with van der Waals surface area (Å²) in [5, 5.41) is 13.3. The predicted octanol–water partition coefficient (Wildman–Crippen LogP) is 8.45. The number of nitrogens with zero attached hydrogens (tertiary/aromatic N) is 4. The lowest BCUT2D eigenvalue weighted by Crippen LogP contribution is -2.18. The summed E-state index contributed by atoms with van der Waals surface area (Å²) in [6.07, 6.45) is 0. The molecular formula is C32H38N4. The molecule has 0 atom stereocenters. The maximum Gasteiger partial charge on any atom is 0.120 e. The van der Waals surface area contributed by atoms with Gasteiger partial charge >= 0.3 is 0 Å². The van der Waals surface area contributed by atoms with Gasteiger partial charge in [0.2, 0.25) is 0 Å². The standard InChI is InChI=1S/C32H38N4/c1-19(2)26-15-16-27(20(3)4)35(26)33-31-24-13-9-11-23-12-10-14-25(30(23)24)32(31)34-36-28(21(5)6)17-18-29(36)22(7)8/h9-22H,1-8H3/b33-31+,34-32+. The van der Waals surface area contributed by atoms with Crippen molar-refractivity contribution in [2.75, 3.05) is 0 Å². The Kier molecular flexibility index (Phi) is 6.23. The second-order valence-corrected chi connectivity index (χ2v) is 11.2. The van der Waals surface area contributed by atoms with Crippen LogP contribution in [-0.2, 0) is 0 Å². The maximum atomic E-state index is 5.40. The highest BCUT2D eigenvalue weighted by Crippen LogP contribution is 2.34. The number of hydrogen-bond donors (Lipinski definition) is 0. The van der Waals surface area contributed by atoms with E-state index in [0.717, 1.165) is 22.6 Å². The SMILES string of the molecule is CC(C)c1ccc(C(C)C)n1/N=C1/C(=N/n2c(C(C)C)ccc2C(C)C)c2cccc3cccc1c23. The molecule has 0 N–H and O–H groups in total. The fourth-order valence-corrected chi connectivity index (χ4v) is 5.29. The normalized spacial score (nSPS) is 15.8. The van der Waals surface area contributed by atoms with Crippen LogP contribution >= 0.6 is 0 Å². The Labute approximate surface area is 215 Å². The topological polar surface area (TPSA) is 34.6 Å². The highest BCUT2D eigenvalue weighted by atomic mass is 15.4. The van der Waals surface area contributed by atoms with E-state index in [9.17, 15) is 0 Å². The highest BCUT2D eigenvalue weighted by Gasteiger charge is 2.29. The quantitative estimate of drug-likeness (QED) is 0.266. The van der Waals surface area contributed by atoms with Crippen molar-refractivity contribution in [3.8, 4) is 0 Å². The fraction of sp³-hybridized carbons (Fsp3) is 0.375. The molecule has 0 unspecified atom stereocenters. The molecule has 4 nitrogen and oxygen atoms in total. The number of hydrogen-bond acceptors (Lipinski definition) is 2. The first kappa shape index (κ1) is 24.3. The third-order valence-electron chi connectivity index (χ3n) is 7.23. The van der Waals surface area contributed by atoms with Gasteiger partial charge in [0.25, 0.3) is 0 Å². The molecule has 0 saturated carbocycles. The molecule has 186 valence electrons. The van der Waals surface area contributed by atoms with E-state index in [1.807, 2.05) is 0 Å². The van der Waals surface area contributed by atoms with Crippen LogP contribution in [0.25, 0.3) is 10.8 Å². The molecular weight excluding hydrogens is 440 g/mol. The van der Waals surface area contributed by atoms with E-state index < -0.39 is 0 Å². The molecule has 1 aliphatic carbocycles. The minimum absolute atomic E-state index is 0.367. The molecule has 0 saturated heterocycles. The summed E-state index contributed by atoms with van der Waals surface area (Å²) in [6, 6.07) is 21.9. The number of aromatic nitrogens is 2. The molecule has 4 aromatic rings. The minimum Gasteiger partial charge on any atom is -0.241 e. The first-order chi connectivity index (χ1) is 17.2. The molecule has 0 fully saturated rings. The molecule has 0 aliphatic heterocycles. The lowest BCUT2D eigenvalue weighted by atomic mass is 10.1. The molecule has 0 amide bonds. The summed E-state index contributed by atoms with van der Waals surface area (Å²) in [7, 11) is 0. The number of rotatable bonds is 6. The molecule has 0 spiro atoms. The van der Waals surface area contributed by atoms with Gasteiger partial charge in [-0.25, -0.2) is 9.35 Å². The maximum absolute atomic E-state index is 5.40. The summed E-state index contributed by atoms with van der Waals surface area (Å²) in [4.78, 5) is 0. The van der Waals surface area contributed by atoms with Crippen LogP contribution in [-0.4, -0.2) is 20.8 Å². The van der Waals surface area contributed by atoms with Crippen LogP contribution in [0, 0.1) is 0 Å². The molecule has 2 aromatic heterocycles. The van der Waals surface area contributed by atoms with E-state index in [1.54, 1.807) is 0 Å². The highest BCUT2D eigenvalue weighted by molar-refractivity contribution is 6.60. The van der Waals surface area contributed by atoms with Gasteiger partial charge in [0, 0.05) is 39.3 Å². The van der Waals surface area contributed by atoms with Crippen LogP contribution in [0.5, 0.6) is 0 Å². The third kappa shape index (κ3) is 3.93. The van der Waals surface area contributed by atoms with Crippen molar-refractivity contribution in [3.05, 3.63) is 94.6 Å². The van der Waals surface area contributed by atoms with E-state index in [-0.39, 0.29) is 0 Å². The van der Waals surface area contributed by atoms with Crippen molar-refractivity contribution in [2.24, 2.45) is 10.2 Å². The van der Waals surface area contributed by atoms with E-state index in [1.165, 1.54) is 33.5 Å². The Morgan fingerprint density at radius 3 is 1.11 bits per heavy atom. The molecule has 4 heteroatoms. The van der Waals surface area contributed by atoms with Crippen molar-refractivity contribution in [3.63, 3.8) is 0 Å². The zero-order valence-corrected chi connectivity index (χ0v) is 22.9. The van der Waals surface area contributed by atoms with E-state index in [2.05, 4.69) is 125 Å². The summed E-state index contributed by atoms with van der Waals surface area (Å²) < 4.78 is 4.35. The third-order valence-corrected chi connectivity index (χ3v) is 7.23. The largest absolute Gasteiger partial charge is 0.241 e. The Hall–Kier alpha value is -3.40. The van der Waals surface area contributed by atoms with Crippen molar-refractivity contribution in [1.29, 1.82) is 0 Å². The van der Waals surface area contributed by atoms with Crippen molar-refractivity contribution in [1.82, 2.24) is 9.35 Å². The van der Waals surface area contributed by atoms with Gasteiger partial charge in [-0.05, 0) is 53.3 Å². The Morgan fingerprint density at radius 1 is 0.472 bits per heavy atom. The molecule has 36 heavy (non-hydrogen) atoms. The van der Waals surface area contributed by atoms with Gasteiger partial charge in [-0.1, -0.05) is 91.8 Å².